The molecule has 0 radical (unpaired) electrons. The number of halogens is 1. The van der Waals surface area contributed by atoms with Gasteiger partial charge in [-0.15, -0.1) is 11.8 Å². The molecule has 8 heteroatoms. The van der Waals surface area contributed by atoms with Crippen molar-refractivity contribution in [1.29, 1.82) is 0 Å². The number of fused-ring (bicyclic) bond motifs is 1. The molecule has 2 N–H and O–H groups in total. The van der Waals surface area contributed by atoms with E-state index in [2.05, 4.69) is 27.6 Å². The third-order valence-electron chi connectivity index (χ3n) is 5.89. The minimum absolute atomic E-state index is 0.237. The van der Waals surface area contributed by atoms with Gasteiger partial charge in [-0.3, -0.25) is 4.79 Å². The molecular formula is C28H24ClN3O3S. The average Bonchev–Trinajstić information content (AvgIpc) is 3.47. The van der Waals surface area contributed by atoms with Crippen LogP contribution in [0.3, 0.4) is 0 Å². The molecule has 2 aromatic heterocycles. The molecule has 0 atom stereocenters. The highest BCUT2D eigenvalue weighted by Crippen LogP contribution is 2.38. The maximum Gasteiger partial charge on any atom is 0.257 e. The molecule has 36 heavy (non-hydrogen) atoms. The molecule has 0 aliphatic heterocycles. The molecule has 5 rings (SSSR count). The van der Waals surface area contributed by atoms with Crippen LogP contribution in [0.1, 0.15) is 16.1 Å². The first-order valence-electron chi connectivity index (χ1n) is 11.4. The Bertz CT molecular complexity index is 1530. The normalized spacial score (nSPS) is 11.1. The predicted molar refractivity (Wildman–Crippen MR) is 145 cm³/mol. The second-order valence-corrected chi connectivity index (χ2v) is 9.66. The molecule has 5 aromatic rings. The fraction of sp³-hybridized carbons (Fsp3) is 0.143. The topological polar surface area (TPSA) is 80.1 Å². The average molecular weight is 518 g/mol. The number of H-pyrrole nitrogens is 1. The number of carbonyl (C=O) groups excluding carboxylic acids is 1. The third kappa shape index (κ3) is 4.72. The summed E-state index contributed by atoms with van der Waals surface area (Å²) in [7, 11) is 1.66. The summed E-state index contributed by atoms with van der Waals surface area (Å²) < 4.78 is 10.6. The number of hydrogen-bond acceptors (Lipinski definition) is 5. The molecule has 0 spiro atoms. The SMILES string of the molecule is COc1ccc(-c2[nH]c3ccccc3c2SCCNC(=O)c2c(-c3ccccc3Cl)noc2C)cc1. The van der Waals surface area contributed by atoms with E-state index >= 15 is 0 Å². The van der Waals surface area contributed by atoms with Gasteiger partial charge in [-0.05, 0) is 48.9 Å². The van der Waals surface area contributed by atoms with Crippen LogP contribution < -0.4 is 10.1 Å². The standard InChI is InChI=1S/C28H24ClN3O3S/c1-17-24(26(32-35-17)20-7-3-5-9-22(20)29)28(33)30-15-16-36-27-21-8-4-6-10-23(21)31-25(27)18-11-13-19(34-2)14-12-18/h3-14,31H,15-16H2,1-2H3,(H,30,33). The molecule has 0 fully saturated rings. The number of para-hydroxylation sites is 1. The van der Waals surface area contributed by atoms with Gasteiger partial charge in [0.25, 0.3) is 5.91 Å². The number of aromatic nitrogens is 2. The van der Waals surface area contributed by atoms with Gasteiger partial charge in [-0.2, -0.15) is 0 Å². The van der Waals surface area contributed by atoms with E-state index in [0.717, 1.165) is 32.8 Å². The molecule has 182 valence electrons. The summed E-state index contributed by atoms with van der Waals surface area (Å²) in [5.41, 5.74) is 4.70. The van der Waals surface area contributed by atoms with Crippen molar-refractivity contribution < 1.29 is 14.1 Å². The van der Waals surface area contributed by atoms with Gasteiger partial charge in [0, 0.05) is 33.7 Å². The second kappa shape index (κ2) is 10.5. The number of carbonyl (C=O) groups is 1. The van der Waals surface area contributed by atoms with Crippen molar-refractivity contribution in [3.8, 4) is 28.3 Å². The van der Waals surface area contributed by atoms with Gasteiger partial charge in [0.15, 0.2) is 0 Å². The van der Waals surface area contributed by atoms with Gasteiger partial charge in [0.1, 0.15) is 22.8 Å². The summed E-state index contributed by atoms with van der Waals surface area (Å²) in [6.07, 6.45) is 0. The highest BCUT2D eigenvalue weighted by molar-refractivity contribution is 7.99. The van der Waals surface area contributed by atoms with Crippen LogP contribution in [0.2, 0.25) is 5.02 Å². The molecule has 0 bridgehead atoms. The monoisotopic (exact) mass is 517 g/mol. The van der Waals surface area contributed by atoms with Crippen LogP contribution >= 0.6 is 23.4 Å². The van der Waals surface area contributed by atoms with Crippen molar-refractivity contribution in [2.45, 2.75) is 11.8 Å². The van der Waals surface area contributed by atoms with Gasteiger partial charge < -0.3 is 19.6 Å². The van der Waals surface area contributed by atoms with Crippen LogP contribution in [0, 0.1) is 6.92 Å². The van der Waals surface area contributed by atoms with E-state index in [0.29, 0.717) is 39.9 Å². The van der Waals surface area contributed by atoms with Crippen molar-refractivity contribution in [2.75, 3.05) is 19.4 Å². The van der Waals surface area contributed by atoms with Crippen molar-refractivity contribution >= 4 is 40.2 Å². The Labute approximate surface area is 218 Å². The minimum Gasteiger partial charge on any atom is -0.497 e. The molecule has 0 aliphatic carbocycles. The maximum absolute atomic E-state index is 13.1. The van der Waals surface area contributed by atoms with E-state index in [1.54, 1.807) is 31.9 Å². The number of aryl methyl sites for hydroxylation is 1. The van der Waals surface area contributed by atoms with Crippen molar-refractivity contribution in [3.63, 3.8) is 0 Å². The molecule has 0 aliphatic rings. The summed E-state index contributed by atoms with van der Waals surface area (Å²) >= 11 is 8.03. The summed E-state index contributed by atoms with van der Waals surface area (Å²) in [5.74, 6) is 1.71. The number of rotatable bonds is 8. The molecule has 0 saturated heterocycles. The molecule has 0 unspecified atom stereocenters. The zero-order chi connectivity index (χ0) is 25.1. The Kier molecular flexibility index (Phi) is 7.02. The summed E-state index contributed by atoms with van der Waals surface area (Å²) in [4.78, 5) is 17.8. The number of thioether (sulfide) groups is 1. The van der Waals surface area contributed by atoms with E-state index in [1.165, 1.54) is 0 Å². The lowest BCUT2D eigenvalue weighted by Gasteiger charge is -2.08. The number of ether oxygens (including phenoxy) is 1. The first kappa shape index (κ1) is 24.0. The molecule has 0 saturated carbocycles. The van der Waals surface area contributed by atoms with Gasteiger partial charge in [-0.25, -0.2) is 0 Å². The summed E-state index contributed by atoms with van der Waals surface area (Å²) in [6.45, 7) is 2.20. The fourth-order valence-corrected chi connectivity index (χ4v) is 5.39. The number of methoxy groups -OCH3 is 1. The maximum atomic E-state index is 13.1. The van der Waals surface area contributed by atoms with Crippen LogP contribution in [0.4, 0.5) is 0 Å². The Morgan fingerprint density at radius 3 is 2.61 bits per heavy atom. The van der Waals surface area contributed by atoms with Crippen molar-refractivity contribution in [1.82, 2.24) is 15.5 Å². The van der Waals surface area contributed by atoms with Crippen LogP contribution in [0.15, 0.2) is 82.2 Å². The predicted octanol–water partition coefficient (Wildman–Crippen LogP) is 6.98. The van der Waals surface area contributed by atoms with Crippen molar-refractivity contribution in [2.24, 2.45) is 0 Å². The highest BCUT2D eigenvalue weighted by atomic mass is 35.5. The first-order chi connectivity index (χ1) is 17.6. The van der Waals surface area contributed by atoms with E-state index in [9.17, 15) is 4.79 Å². The molecular weight excluding hydrogens is 494 g/mol. The van der Waals surface area contributed by atoms with Crippen LogP contribution in [-0.4, -0.2) is 35.5 Å². The largest absolute Gasteiger partial charge is 0.497 e. The first-order valence-corrected chi connectivity index (χ1v) is 12.8. The number of nitrogens with one attached hydrogen (secondary N) is 2. The lowest BCUT2D eigenvalue weighted by molar-refractivity contribution is 0.0955. The lowest BCUT2D eigenvalue weighted by atomic mass is 10.1. The van der Waals surface area contributed by atoms with Crippen molar-refractivity contribution in [3.05, 3.63) is 89.1 Å². The number of benzene rings is 3. The van der Waals surface area contributed by atoms with Gasteiger partial charge in [-0.1, -0.05) is 53.2 Å². The van der Waals surface area contributed by atoms with Gasteiger partial charge in [0.2, 0.25) is 0 Å². The van der Waals surface area contributed by atoms with Crippen LogP contribution in [0.25, 0.3) is 33.4 Å². The smallest absolute Gasteiger partial charge is 0.257 e. The third-order valence-corrected chi connectivity index (χ3v) is 7.34. The van der Waals surface area contributed by atoms with Gasteiger partial charge >= 0.3 is 0 Å². The Hall–Kier alpha value is -3.68. The van der Waals surface area contributed by atoms with Crippen LogP contribution in [0.5, 0.6) is 5.75 Å². The number of nitrogens with zero attached hydrogens (tertiary/aromatic N) is 1. The van der Waals surface area contributed by atoms with Gasteiger partial charge in [0.05, 0.1) is 17.8 Å². The number of aromatic amines is 1. The summed E-state index contributed by atoms with van der Waals surface area (Å²) in [5, 5.41) is 8.76. The Morgan fingerprint density at radius 2 is 1.83 bits per heavy atom. The molecule has 3 aromatic carbocycles. The van der Waals surface area contributed by atoms with E-state index in [4.69, 9.17) is 20.9 Å². The minimum atomic E-state index is -0.237. The Balaban J connectivity index is 1.32. The number of amides is 1. The second-order valence-electron chi connectivity index (χ2n) is 8.15. The zero-order valence-corrected chi connectivity index (χ0v) is 21.4. The van der Waals surface area contributed by atoms with E-state index in [1.807, 2.05) is 54.6 Å². The highest BCUT2D eigenvalue weighted by Gasteiger charge is 2.23. The Morgan fingerprint density at radius 1 is 1.08 bits per heavy atom. The molecule has 1 amide bonds. The van der Waals surface area contributed by atoms with E-state index < -0.39 is 0 Å². The van der Waals surface area contributed by atoms with Crippen LogP contribution in [-0.2, 0) is 0 Å². The summed E-state index contributed by atoms with van der Waals surface area (Å²) in [6, 6.07) is 23.5. The quantitative estimate of drug-likeness (QED) is 0.171. The lowest BCUT2D eigenvalue weighted by Crippen LogP contribution is -2.26. The fourth-order valence-electron chi connectivity index (χ4n) is 4.11. The molecule has 2 heterocycles. The number of hydrogen-bond donors (Lipinski definition) is 2. The zero-order valence-electron chi connectivity index (χ0n) is 19.8. The van der Waals surface area contributed by atoms with E-state index in [-0.39, 0.29) is 5.91 Å². The molecule has 6 nitrogen and oxygen atoms in total.